The maximum atomic E-state index is 13.3. The minimum Gasteiger partial charge on any atom is -0.337 e. The zero-order chi connectivity index (χ0) is 24.6. The molecule has 0 radical (unpaired) electrons. The van der Waals surface area contributed by atoms with E-state index in [0.717, 1.165) is 29.7 Å². The van der Waals surface area contributed by atoms with Gasteiger partial charge in [0.05, 0.1) is 28.4 Å². The minimum absolute atomic E-state index is 0.00111. The molecule has 1 aliphatic rings. The fraction of sp³-hybridized carbons (Fsp3) is 0.259. The Labute approximate surface area is 205 Å². The molecular formula is C27H24F3N3OS. The number of hydrogen-bond acceptors (Lipinski definition) is 3. The van der Waals surface area contributed by atoms with Crippen molar-refractivity contribution in [3.63, 3.8) is 0 Å². The molecule has 0 fully saturated rings. The molecule has 1 atom stereocenters. The number of amides is 1. The van der Waals surface area contributed by atoms with Crippen molar-refractivity contribution in [3.8, 4) is 0 Å². The third-order valence-electron chi connectivity index (χ3n) is 6.30. The zero-order valence-electron chi connectivity index (χ0n) is 19.1. The lowest BCUT2D eigenvalue weighted by Gasteiger charge is -2.30. The summed E-state index contributed by atoms with van der Waals surface area (Å²) in [4.78, 5) is 19.7. The van der Waals surface area contributed by atoms with Gasteiger partial charge >= 0.3 is 6.18 Å². The molecule has 4 nitrogen and oxygen atoms in total. The molecule has 1 amide bonds. The number of halogens is 3. The van der Waals surface area contributed by atoms with Crippen molar-refractivity contribution in [2.75, 3.05) is 6.54 Å². The highest BCUT2D eigenvalue weighted by Crippen LogP contribution is 2.34. The number of carbonyl (C=O) groups is 1. The first kappa shape index (κ1) is 23.5. The molecule has 35 heavy (non-hydrogen) atoms. The van der Waals surface area contributed by atoms with Gasteiger partial charge in [-0.1, -0.05) is 66.4 Å². The largest absolute Gasteiger partial charge is 0.416 e. The fourth-order valence-corrected chi connectivity index (χ4v) is 5.45. The van der Waals surface area contributed by atoms with E-state index in [-0.39, 0.29) is 11.4 Å². The van der Waals surface area contributed by atoms with Gasteiger partial charge in [0, 0.05) is 13.1 Å². The Morgan fingerprint density at radius 1 is 1.03 bits per heavy atom. The van der Waals surface area contributed by atoms with Crippen molar-refractivity contribution in [3.05, 3.63) is 95.1 Å². The second kappa shape index (κ2) is 9.41. The molecular weight excluding hydrogens is 471 g/mol. The molecule has 8 heteroatoms. The third kappa shape index (κ3) is 4.93. The van der Waals surface area contributed by atoms with E-state index in [9.17, 15) is 18.0 Å². The van der Waals surface area contributed by atoms with Crippen molar-refractivity contribution in [2.45, 2.75) is 43.0 Å². The molecule has 5 rings (SSSR count). The van der Waals surface area contributed by atoms with Crippen molar-refractivity contribution >= 4 is 28.7 Å². The van der Waals surface area contributed by atoms with Crippen LogP contribution in [0.15, 0.2) is 78.0 Å². The summed E-state index contributed by atoms with van der Waals surface area (Å²) in [6, 6.07) is 21.4. The molecule has 3 aromatic carbocycles. The lowest BCUT2D eigenvalue weighted by atomic mass is 10.00. The summed E-state index contributed by atoms with van der Waals surface area (Å²) in [7, 11) is 0. The van der Waals surface area contributed by atoms with Crippen molar-refractivity contribution < 1.29 is 18.0 Å². The van der Waals surface area contributed by atoms with Gasteiger partial charge in [0.25, 0.3) is 0 Å². The first-order valence-electron chi connectivity index (χ1n) is 11.4. The van der Waals surface area contributed by atoms with Gasteiger partial charge < -0.3 is 9.47 Å². The van der Waals surface area contributed by atoms with Crippen molar-refractivity contribution in [2.24, 2.45) is 0 Å². The number of imidazole rings is 1. The van der Waals surface area contributed by atoms with Gasteiger partial charge in [0.2, 0.25) is 5.91 Å². The highest BCUT2D eigenvalue weighted by atomic mass is 32.2. The summed E-state index contributed by atoms with van der Waals surface area (Å²) in [6.07, 6.45) is -3.63. The number of benzene rings is 3. The van der Waals surface area contributed by atoms with Gasteiger partial charge in [0.15, 0.2) is 5.16 Å². The zero-order valence-corrected chi connectivity index (χ0v) is 19.9. The average Bonchev–Trinajstić information content (AvgIpc) is 3.19. The second-order valence-corrected chi connectivity index (χ2v) is 10.0. The maximum absolute atomic E-state index is 13.3. The van der Waals surface area contributed by atoms with Crippen LogP contribution in [0.3, 0.4) is 0 Å². The highest BCUT2D eigenvalue weighted by Gasteiger charge is 2.32. The quantitative estimate of drug-likeness (QED) is 0.311. The normalized spacial score (nSPS) is 14.7. The second-order valence-electron chi connectivity index (χ2n) is 8.71. The Hall–Kier alpha value is -3.26. The molecule has 0 unspecified atom stereocenters. The monoisotopic (exact) mass is 495 g/mol. The Balaban J connectivity index is 1.44. The fourth-order valence-electron chi connectivity index (χ4n) is 4.44. The van der Waals surface area contributed by atoms with Crippen LogP contribution >= 0.6 is 11.8 Å². The van der Waals surface area contributed by atoms with E-state index in [1.54, 1.807) is 0 Å². The summed E-state index contributed by atoms with van der Waals surface area (Å²) in [5, 5.41) is 0.0927. The number of carbonyl (C=O) groups excluding carboxylic acids is 1. The van der Waals surface area contributed by atoms with Crippen LogP contribution in [0.25, 0.3) is 11.0 Å². The average molecular weight is 496 g/mol. The lowest BCUT2D eigenvalue weighted by molar-refractivity contribution is -0.137. The van der Waals surface area contributed by atoms with Gasteiger partial charge in [-0.25, -0.2) is 4.98 Å². The van der Waals surface area contributed by atoms with Crippen LogP contribution in [0.1, 0.15) is 29.2 Å². The molecule has 180 valence electrons. The SMILES string of the molecule is C[C@@H](Sc1nc2cc(C(F)(F)F)ccc2n1Cc1ccccc1)C(=O)N1CCc2ccccc2C1. The van der Waals surface area contributed by atoms with Crippen LogP contribution in [0.4, 0.5) is 13.2 Å². The molecule has 0 aliphatic carbocycles. The Kier molecular flexibility index (Phi) is 6.32. The summed E-state index contributed by atoms with van der Waals surface area (Å²) in [5.74, 6) is -0.00111. The first-order valence-corrected chi connectivity index (χ1v) is 12.3. The number of alkyl halides is 3. The molecule has 4 aromatic rings. The molecule has 2 heterocycles. The predicted octanol–water partition coefficient (Wildman–Crippen LogP) is 6.17. The highest BCUT2D eigenvalue weighted by molar-refractivity contribution is 8.00. The maximum Gasteiger partial charge on any atom is 0.416 e. The standard InChI is InChI=1S/C27H24F3N3OS/c1-18(25(34)32-14-13-20-9-5-6-10-21(20)17-32)35-26-31-23-15-22(27(28,29)30)11-12-24(23)33(26)16-19-7-3-2-4-8-19/h2-12,15,18H,13-14,16-17H2,1H3/t18-/m1/s1. The summed E-state index contributed by atoms with van der Waals surface area (Å²) < 4.78 is 41.8. The Morgan fingerprint density at radius 2 is 1.74 bits per heavy atom. The topological polar surface area (TPSA) is 38.1 Å². The van der Waals surface area contributed by atoms with E-state index < -0.39 is 17.0 Å². The van der Waals surface area contributed by atoms with E-state index in [2.05, 4.69) is 11.1 Å². The van der Waals surface area contributed by atoms with Crippen molar-refractivity contribution in [1.29, 1.82) is 0 Å². The van der Waals surface area contributed by atoms with Crippen molar-refractivity contribution in [1.82, 2.24) is 14.5 Å². The van der Waals surface area contributed by atoms with Gasteiger partial charge in [0.1, 0.15) is 0 Å². The number of hydrogen-bond donors (Lipinski definition) is 0. The van der Waals surface area contributed by atoms with E-state index in [4.69, 9.17) is 0 Å². The Bertz CT molecular complexity index is 1370. The Morgan fingerprint density at radius 3 is 2.49 bits per heavy atom. The number of nitrogens with zero attached hydrogens (tertiary/aromatic N) is 3. The van der Waals surface area contributed by atoms with Crippen LogP contribution in [0, 0.1) is 0 Å². The lowest BCUT2D eigenvalue weighted by Crippen LogP contribution is -2.40. The molecule has 0 N–H and O–H groups in total. The molecule has 0 saturated carbocycles. The van der Waals surface area contributed by atoms with Gasteiger partial charge in [-0.2, -0.15) is 13.2 Å². The molecule has 1 aromatic heterocycles. The number of aromatic nitrogens is 2. The molecule has 0 spiro atoms. The molecule has 1 aliphatic heterocycles. The smallest absolute Gasteiger partial charge is 0.337 e. The summed E-state index contributed by atoms with van der Waals surface area (Å²) in [6.45, 7) is 3.50. The van der Waals surface area contributed by atoms with Gasteiger partial charge in [-0.3, -0.25) is 4.79 Å². The third-order valence-corrected chi connectivity index (χ3v) is 7.37. The number of thioether (sulfide) groups is 1. The van der Waals surface area contributed by atoms with E-state index in [1.807, 2.05) is 64.9 Å². The van der Waals surface area contributed by atoms with E-state index >= 15 is 0 Å². The number of fused-ring (bicyclic) bond motifs is 2. The van der Waals surface area contributed by atoms with Crippen LogP contribution in [0.2, 0.25) is 0 Å². The van der Waals surface area contributed by atoms with Crippen LogP contribution in [0.5, 0.6) is 0 Å². The van der Waals surface area contributed by atoms with Crippen LogP contribution in [-0.4, -0.2) is 32.2 Å². The summed E-state index contributed by atoms with van der Waals surface area (Å²) in [5.41, 5.74) is 3.56. The molecule has 0 bridgehead atoms. The van der Waals surface area contributed by atoms with Gasteiger partial charge in [-0.05, 0) is 48.2 Å². The predicted molar refractivity (Wildman–Crippen MR) is 131 cm³/mol. The van der Waals surface area contributed by atoms with Crippen LogP contribution < -0.4 is 0 Å². The number of rotatable bonds is 5. The van der Waals surface area contributed by atoms with E-state index in [1.165, 1.54) is 23.4 Å². The summed E-state index contributed by atoms with van der Waals surface area (Å²) >= 11 is 1.29. The molecule has 0 saturated heterocycles. The van der Waals surface area contributed by atoms with E-state index in [0.29, 0.717) is 30.3 Å². The van der Waals surface area contributed by atoms with Gasteiger partial charge in [-0.15, -0.1) is 0 Å². The van der Waals surface area contributed by atoms with Crippen LogP contribution in [-0.2, 0) is 30.5 Å². The first-order chi connectivity index (χ1) is 16.8. The minimum atomic E-state index is -4.45.